The number of amides is 1. The lowest BCUT2D eigenvalue weighted by atomic mass is 9.74. The Kier molecular flexibility index (Phi) is 7.46. The fourth-order valence-electron chi connectivity index (χ4n) is 7.17. The van der Waals surface area contributed by atoms with Crippen molar-refractivity contribution >= 4 is 23.5 Å². The molecule has 41 heavy (non-hydrogen) atoms. The molecule has 0 saturated heterocycles. The molecule has 3 saturated carbocycles. The summed E-state index contributed by atoms with van der Waals surface area (Å²) < 4.78 is 59.0. The Hall–Kier alpha value is -2.66. The number of aliphatic hydroxyl groups excluding tert-OH is 1. The normalized spacial score (nSPS) is 29.6. The molecule has 1 aromatic heterocycles. The summed E-state index contributed by atoms with van der Waals surface area (Å²) in [4.78, 5) is 26.8. The van der Waals surface area contributed by atoms with E-state index in [1.807, 2.05) is 0 Å². The predicted molar refractivity (Wildman–Crippen MR) is 142 cm³/mol. The number of carboxylic acids is 1. The number of hydrogen-bond acceptors (Lipinski definition) is 4. The third kappa shape index (κ3) is 5.24. The Labute approximate surface area is 240 Å². The summed E-state index contributed by atoms with van der Waals surface area (Å²) in [6.07, 6.45) is -3.77. The van der Waals surface area contributed by atoms with Crippen molar-refractivity contribution < 1.29 is 37.4 Å². The van der Waals surface area contributed by atoms with Crippen LogP contribution in [0.4, 0.5) is 17.6 Å². The van der Waals surface area contributed by atoms with Gasteiger partial charge in [0.25, 0.3) is 5.91 Å². The van der Waals surface area contributed by atoms with Gasteiger partial charge in [-0.2, -0.15) is 18.3 Å². The third-order valence-electron chi connectivity index (χ3n) is 9.96. The Balaban J connectivity index is 1.47. The van der Waals surface area contributed by atoms with Crippen molar-refractivity contribution in [1.82, 2.24) is 14.7 Å². The summed E-state index contributed by atoms with van der Waals surface area (Å²) in [7, 11) is 0. The van der Waals surface area contributed by atoms with Gasteiger partial charge in [-0.1, -0.05) is 31.5 Å². The topological polar surface area (TPSA) is 95.7 Å². The molecule has 0 bridgehead atoms. The van der Waals surface area contributed by atoms with Crippen molar-refractivity contribution in [1.29, 1.82) is 0 Å². The second-order valence-corrected chi connectivity index (χ2v) is 13.1. The first-order chi connectivity index (χ1) is 19.1. The molecule has 12 heteroatoms. The average molecular weight is 600 g/mol. The highest BCUT2D eigenvalue weighted by Crippen LogP contribution is 2.67. The van der Waals surface area contributed by atoms with Gasteiger partial charge in [-0.3, -0.25) is 14.3 Å². The van der Waals surface area contributed by atoms with Gasteiger partial charge in [0.15, 0.2) is 5.69 Å². The van der Waals surface area contributed by atoms with Crippen molar-refractivity contribution in [2.75, 3.05) is 6.54 Å². The zero-order chi connectivity index (χ0) is 30.1. The molecule has 0 spiro atoms. The van der Waals surface area contributed by atoms with Gasteiger partial charge in [-0.15, -0.1) is 0 Å². The lowest BCUT2D eigenvalue weighted by molar-refractivity contribution is -0.152. The van der Waals surface area contributed by atoms with E-state index in [0.717, 1.165) is 16.9 Å². The van der Waals surface area contributed by atoms with E-state index in [9.17, 15) is 37.4 Å². The number of aliphatic hydroxyl groups is 1. The summed E-state index contributed by atoms with van der Waals surface area (Å²) >= 11 is 6.14. The summed E-state index contributed by atoms with van der Waals surface area (Å²) in [5, 5.41) is 24.5. The minimum absolute atomic E-state index is 0.0465. The fourth-order valence-corrected chi connectivity index (χ4v) is 7.45. The van der Waals surface area contributed by atoms with E-state index in [0.29, 0.717) is 24.7 Å². The van der Waals surface area contributed by atoms with Crippen LogP contribution in [-0.2, 0) is 11.0 Å². The second kappa shape index (κ2) is 10.3. The van der Waals surface area contributed by atoms with Crippen LogP contribution < -0.4 is 0 Å². The Morgan fingerprint density at radius 1 is 1.17 bits per heavy atom. The number of carbonyl (C=O) groups excluding carboxylic acids is 1. The summed E-state index contributed by atoms with van der Waals surface area (Å²) in [5.74, 6) is -2.11. The third-order valence-corrected chi connectivity index (χ3v) is 10.3. The number of benzene rings is 1. The van der Waals surface area contributed by atoms with Gasteiger partial charge in [-0.05, 0) is 74.8 Å². The molecule has 3 aliphatic rings. The molecule has 1 heterocycles. The van der Waals surface area contributed by atoms with Gasteiger partial charge >= 0.3 is 12.1 Å². The number of halogens is 5. The number of hydrogen-bond donors (Lipinski definition) is 2. The number of aromatic nitrogens is 2. The van der Waals surface area contributed by atoms with Gasteiger partial charge < -0.3 is 15.1 Å². The molecule has 0 radical (unpaired) electrons. The molecule has 224 valence electrons. The van der Waals surface area contributed by atoms with Gasteiger partial charge in [0.05, 0.1) is 29.8 Å². The molecule has 5 rings (SSSR count). The van der Waals surface area contributed by atoms with E-state index in [1.165, 1.54) is 17.0 Å². The number of carbonyl (C=O) groups is 2. The lowest BCUT2D eigenvalue weighted by Gasteiger charge is -2.35. The number of aliphatic carboxylic acids is 1. The first-order valence-electron chi connectivity index (χ1n) is 13.9. The maximum absolute atomic E-state index is 14.6. The van der Waals surface area contributed by atoms with E-state index in [-0.39, 0.29) is 41.7 Å². The SMILES string of the molecule is CC1(C(=O)O)CCC(n2ncc(C(=O)N(CC(O)c3c(F)cccc3Cl)C3C[C@@H]4[C@H](C3)C4(C)C)c2C(F)(F)F)CC1. The van der Waals surface area contributed by atoms with E-state index in [1.54, 1.807) is 6.92 Å². The number of alkyl halides is 3. The Bertz CT molecular complexity index is 1320. The van der Waals surface area contributed by atoms with Crippen molar-refractivity contribution in [3.05, 3.63) is 52.1 Å². The molecule has 3 aliphatic carbocycles. The van der Waals surface area contributed by atoms with Crippen molar-refractivity contribution in [2.24, 2.45) is 22.7 Å². The van der Waals surface area contributed by atoms with Crippen molar-refractivity contribution in [3.8, 4) is 0 Å². The molecule has 2 unspecified atom stereocenters. The number of rotatable bonds is 7. The monoisotopic (exact) mass is 599 g/mol. The van der Waals surface area contributed by atoms with Gasteiger partial charge in [0, 0.05) is 16.6 Å². The van der Waals surface area contributed by atoms with Crippen LogP contribution in [0, 0.1) is 28.5 Å². The summed E-state index contributed by atoms with van der Waals surface area (Å²) in [5.41, 5.74) is -3.01. The molecule has 3 fully saturated rings. The van der Waals surface area contributed by atoms with E-state index in [4.69, 9.17) is 11.6 Å². The standard InChI is InChI=1S/C29H34ClF4N3O4/c1-27(2)18-11-16(12-19(18)27)36(14-22(38)23-20(30)5-4-6-21(23)31)25(39)17-13-35-37(24(17)29(32,33)34)15-7-9-28(3,10-8-15)26(40)41/h4-6,13,15-16,18-19,22,38H,7-12,14H2,1-3H3,(H,40,41)/t15?,16?,18-,19+,22?,28?. The summed E-state index contributed by atoms with van der Waals surface area (Å²) in [6, 6.07) is 2.72. The molecule has 2 N–H and O–H groups in total. The largest absolute Gasteiger partial charge is 0.481 e. The minimum Gasteiger partial charge on any atom is -0.481 e. The van der Waals surface area contributed by atoms with Gasteiger partial charge in [0.2, 0.25) is 0 Å². The maximum Gasteiger partial charge on any atom is 0.433 e. The Morgan fingerprint density at radius 2 is 1.78 bits per heavy atom. The van der Waals surface area contributed by atoms with Crippen LogP contribution in [-0.4, -0.2) is 49.4 Å². The zero-order valence-corrected chi connectivity index (χ0v) is 23.8. The van der Waals surface area contributed by atoms with Crippen molar-refractivity contribution in [3.63, 3.8) is 0 Å². The van der Waals surface area contributed by atoms with Crippen LogP contribution in [0.2, 0.25) is 5.02 Å². The van der Waals surface area contributed by atoms with Crippen LogP contribution in [0.5, 0.6) is 0 Å². The van der Waals surface area contributed by atoms with Crippen molar-refractivity contribution in [2.45, 2.75) is 83.7 Å². The van der Waals surface area contributed by atoms with E-state index in [2.05, 4.69) is 18.9 Å². The van der Waals surface area contributed by atoms with E-state index >= 15 is 0 Å². The lowest BCUT2D eigenvalue weighted by Crippen LogP contribution is -2.43. The molecule has 7 nitrogen and oxygen atoms in total. The quantitative estimate of drug-likeness (QED) is 0.354. The Morgan fingerprint density at radius 3 is 2.32 bits per heavy atom. The molecule has 0 aliphatic heterocycles. The first kappa shape index (κ1) is 29.8. The molecule has 4 atom stereocenters. The van der Waals surface area contributed by atoms with Gasteiger partial charge in [0.1, 0.15) is 11.9 Å². The number of carboxylic acid groups (broad SMARTS) is 1. The highest BCUT2D eigenvalue weighted by molar-refractivity contribution is 6.31. The smallest absolute Gasteiger partial charge is 0.433 e. The maximum atomic E-state index is 14.6. The van der Waals surface area contributed by atoms with Crippen LogP contribution in [0.3, 0.4) is 0 Å². The van der Waals surface area contributed by atoms with Crippen LogP contribution in [0.1, 0.15) is 93.1 Å². The van der Waals surface area contributed by atoms with E-state index < -0.39 is 65.3 Å². The molecular weight excluding hydrogens is 566 g/mol. The van der Waals surface area contributed by atoms with Crippen LogP contribution in [0.25, 0.3) is 0 Å². The highest BCUT2D eigenvalue weighted by atomic mass is 35.5. The molecule has 1 amide bonds. The predicted octanol–water partition coefficient (Wildman–Crippen LogP) is 6.51. The highest BCUT2D eigenvalue weighted by Gasteiger charge is 2.63. The minimum atomic E-state index is -4.92. The molecule has 2 aromatic rings. The van der Waals surface area contributed by atoms with Gasteiger partial charge in [-0.25, -0.2) is 4.39 Å². The number of fused-ring (bicyclic) bond motifs is 1. The molecule has 1 aromatic carbocycles. The van der Waals surface area contributed by atoms with Crippen LogP contribution in [0.15, 0.2) is 24.4 Å². The second-order valence-electron chi connectivity index (χ2n) is 12.7. The summed E-state index contributed by atoms with van der Waals surface area (Å²) in [6.45, 7) is 5.37. The number of nitrogens with zero attached hydrogens (tertiary/aromatic N) is 3. The van der Waals surface area contributed by atoms with Crippen LogP contribution >= 0.6 is 11.6 Å². The molecular formula is C29H34ClF4N3O4. The average Bonchev–Trinajstić information content (AvgIpc) is 3.30. The fraction of sp³-hybridized carbons (Fsp3) is 0.621. The zero-order valence-electron chi connectivity index (χ0n) is 23.1. The first-order valence-corrected chi connectivity index (χ1v) is 14.2.